The molecule has 4 N–H and O–H groups in total. The number of carboxylic acid groups (broad SMARTS) is 1. The molecule has 0 aliphatic rings. The minimum absolute atomic E-state index is 0.135. The van der Waals surface area contributed by atoms with Gasteiger partial charge in [0.05, 0.1) is 13.2 Å². The Labute approximate surface area is 353 Å². The number of aliphatic carboxylic acids is 1. The van der Waals surface area contributed by atoms with Crippen LogP contribution in [-0.4, -0.2) is 59.3 Å². The number of carbonyl (C=O) groups excluding carboxylic acids is 3. The van der Waals surface area contributed by atoms with Crippen molar-refractivity contribution in [3.05, 3.63) is 72.9 Å². The van der Waals surface area contributed by atoms with E-state index >= 15 is 0 Å². The molecule has 0 rings (SSSR count). The van der Waals surface area contributed by atoms with Gasteiger partial charge in [-0.25, -0.2) is 4.79 Å². The summed E-state index contributed by atoms with van der Waals surface area (Å²) in [5, 5.41) is 22.5. The lowest BCUT2D eigenvalue weighted by molar-refractivity contribution is -0.147. The summed E-state index contributed by atoms with van der Waals surface area (Å²) in [5.74, 6) is -2.43. The van der Waals surface area contributed by atoms with Crippen molar-refractivity contribution < 1.29 is 34.1 Å². The number of ether oxygens (including phenoxy) is 1. The molecule has 0 radical (unpaired) electrons. The second kappa shape index (κ2) is 42.9. The van der Waals surface area contributed by atoms with Gasteiger partial charge in [0, 0.05) is 12.8 Å². The van der Waals surface area contributed by atoms with E-state index in [1.165, 1.54) is 70.6 Å². The molecule has 0 spiro atoms. The first-order valence-electron chi connectivity index (χ1n) is 22.8. The molecule has 2 amide bonds. The monoisotopic (exact) mass is 811 g/mol. The van der Waals surface area contributed by atoms with Gasteiger partial charge in [-0.2, -0.15) is 0 Å². The van der Waals surface area contributed by atoms with Crippen LogP contribution in [0, 0.1) is 0 Å². The summed E-state index contributed by atoms with van der Waals surface area (Å²) in [6, 6.07) is -1.40. The summed E-state index contributed by atoms with van der Waals surface area (Å²) in [4.78, 5) is 47.6. The van der Waals surface area contributed by atoms with Crippen LogP contribution in [0.3, 0.4) is 0 Å². The lowest BCUT2D eigenvalue weighted by Crippen LogP contribution is -2.47. The fourth-order valence-electron chi connectivity index (χ4n) is 6.18. The Bertz CT molecular complexity index is 1200. The van der Waals surface area contributed by atoms with Crippen molar-refractivity contribution in [1.82, 2.24) is 10.6 Å². The van der Waals surface area contributed by atoms with Gasteiger partial charge in [-0.15, -0.1) is 0 Å². The van der Waals surface area contributed by atoms with Crippen LogP contribution in [0.25, 0.3) is 0 Å². The number of allylic oxidation sites excluding steroid dienone is 11. The Kier molecular flexibility index (Phi) is 40.1. The van der Waals surface area contributed by atoms with Crippen LogP contribution in [0.2, 0.25) is 0 Å². The second-order valence-electron chi connectivity index (χ2n) is 15.1. The number of aliphatic hydroxyl groups is 1. The van der Waals surface area contributed by atoms with Crippen LogP contribution in [0.1, 0.15) is 187 Å². The average molecular weight is 811 g/mol. The van der Waals surface area contributed by atoms with Crippen LogP contribution >= 0.6 is 0 Å². The molecule has 58 heavy (non-hydrogen) atoms. The number of unbranched alkanes of at least 4 members (excludes halogenated alkanes) is 16. The first kappa shape index (κ1) is 54.3. The van der Waals surface area contributed by atoms with E-state index in [0.717, 1.165) is 83.5 Å². The van der Waals surface area contributed by atoms with Crippen molar-refractivity contribution in [2.24, 2.45) is 0 Å². The predicted molar refractivity (Wildman–Crippen MR) is 240 cm³/mol. The van der Waals surface area contributed by atoms with Gasteiger partial charge in [0.25, 0.3) is 0 Å². The largest absolute Gasteiger partial charge is 0.480 e. The Morgan fingerprint density at radius 1 is 0.552 bits per heavy atom. The van der Waals surface area contributed by atoms with E-state index in [1.807, 2.05) is 6.08 Å². The number of carbonyl (C=O) groups is 4. The molecule has 9 heteroatoms. The van der Waals surface area contributed by atoms with Gasteiger partial charge < -0.3 is 25.6 Å². The highest BCUT2D eigenvalue weighted by atomic mass is 16.5. The van der Waals surface area contributed by atoms with Crippen LogP contribution in [-0.2, 0) is 23.9 Å². The third-order valence-electron chi connectivity index (χ3n) is 9.67. The Morgan fingerprint density at radius 3 is 1.59 bits per heavy atom. The van der Waals surface area contributed by atoms with Gasteiger partial charge in [0.2, 0.25) is 11.8 Å². The fourth-order valence-corrected chi connectivity index (χ4v) is 6.18. The van der Waals surface area contributed by atoms with E-state index in [-0.39, 0.29) is 30.9 Å². The van der Waals surface area contributed by atoms with Gasteiger partial charge in [0.1, 0.15) is 12.1 Å². The molecule has 0 aromatic rings. The minimum Gasteiger partial charge on any atom is -0.480 e. The average Bonchev–Trinajstić information content (AvgIpc) is 3.21. The summed E-state index contributed by atoms with van der Waals surface area (Å²) in [6.45, 7) is 3.29. The molecule has 9 nitrogen and oxygen atoms in total. The van der Waals surface area contributed by atoms with E-state index in [2.05, 4.69) is 91.3 Å². The molecule has 0 aliphatic carbocycles. The predicted octanol–water partition coefficient (Wildman–Crippen LogP) is 11.5. The molecule has 0 bridgehead atoms. The Hall–Kier alpha value is -3.72. The second-order valence-corrected chi connectivity index (χ2v) is 15.1. The molecule has 0 saturated carbocycles. The van der Waals surface area contributed by atoms with Crippen molar-refractivity contribution in [1.29, 1.82) is 0 Å². The SMILES string of the molecule is CC/C=C\C/C=C\C/C=C\C/C=C\CCCCCCCCCCCCC(=O)OC(/C=C\C/C=C\CCCCC)CCCCCCC(=O)NCC(=O)NC(CO)C(=O)O. The zero-order chi connectivity index (χ0) is 42.6. The van der Waals surface area contributed by atoms with Gasteiger partial charge in [-0.1, -0.05) is 158 Å². The molecule has 330 valence electrons. The zero-order valence-corrected chi connectivity index (χ0v) is 36.5. The first-order valence-corrected chi connectivity index (χ1v) is 22.8. The van der Waals surface area contributed by atoms with Gasteiger partial charge >= 0.3 is 11.9 Å². The van der Waals surface area contributed by atoms with Crippen molar-refractivity contribution >= 4 is 23.8 Å². The molecule has 0 heterocycles. The standard InChI is InChI=1S/C49H82N2O7/c1-3-5-7-9-11-13-14-15-16-17-18-19-20-21-22-23-24-25-26-27-29-31-37-41-48(55)58-44(38-34-30-28-12-10-8-6-4-2)39-35-32-33-36-40-46(53)50-42-47(54)51-45(43-52)49(56)57/h5,7,11-13,15-16,18-19,28,34,38,44-45,52H,3-4,6,8-10,14,17,20-27,29-33,35-37,39-43H2,1-2H3,(H,50,53)(H,51,54)(H,56,57)/b7-5-,13-11-,16-15-,19-18-,28-12-,38-34-. The molecule has 0 fully saturated rings. The highest BCUT2D eigenvalue weighted by molar-refractivity contribution is 5.87. The van der Waals surface area contributed by atoms with Crippen LogP contribution < -0.4 is 10.6 Å². The quantitative estimate of drug-likeness (QED) is 0.0274. The third-order valence-corrected chi connectivity index (χ3v) is 9.67. The van der Waals surface area contributed by atoms with E-state index < -0.39 is 24.5 Å². The number of esters is 1. The maximum absolute atomic E-state index is 12.7. The molecule has 0 aliphatic heterocycles. The number of hydrogen-bond acceptors (Lipinski definition) is 6. The topological polar surface area (TPSA) is 142 Å². The summed E-state index contributed by atoms with van der Waals surface area (Å²) >= 11 is 0. The van der Waals surface area contributed by atoms with Crippen molar-refractivity contribution in [2.45, 2.75) is 199 Å². The highest BCUT2D eigenvalue weighted by Gasteiger charge is 2.18. The van der Waals surface area contributed by atoms with Crippen LogP contribution in [0.4, 0.5) is 0 Å². The Morgan fingerprint density at radius 2 is 1.03 bits per heavy atom. The summed E-state index contributed by atoms with van der Waals surface area (Å²) in [5.41, 5.74) is 0. The van der Waals surface area contributed by atoms with E-state index in [4.69, 9.17) is 14.9 Å². The third kappa shape index (κ3) is 39.1. The molecule has 2 atom stereocenters. The molecule has 0 aromatic carbocycles. The summed E-state index contributed by atoms with van der Waals surface area (Å²) < 4.78 is 5.89. The molecule has 0 saturated heterocycles. The van der Waals surface area contributed by atoms with Gasteiger partial charge in [-0.05, 0) is 89.5 Å². The van der Waals surface area contributed by atoms with Crippen molar-refractivity contribution in [3.63, 3.8) is 0 Å². The zero-order valence-electron chi connectivity index (χ0n) is 36.5. The first-order chi connectivity index (χ1) is 28.3. The van der Waals surface area contributed by atoms with E-state index in [9.17, 15) is 19.2 Å². The van der Waals surface area contributed by atoms with Crippen molar-refractivity contribution in [2.75, 3.05) is 13.2 Å². The molecule has 2 unspecified atom stereocenters. The number of carboxylic acids is 1. The van der Waals surface area contributed by atoms with Crippen LogP contribution in [0.15, 0.2) is 72.9 Å². The van der Waals surface area contributed by atoms with E-state index in [1.54, 1.807) is 0 Å². The van der Waals surface area contributed by atoms with Crippen LogP contribution in [0.5, 0.6) is 0 Å². The van der Waals surface area contributed by atoms with Gasteiger partial charge in [-0.3, -0.25) is 14.4 Å². The number of aliphatic hydroxyl groups excluding tert-OH is 1. The smallest absolute Gasteiger partial charge is 0.328 e. The molecular weight excluding hydrogens is 729 g/mol. The highest BCUT2D eigenvalue weighted by Crippen LogP contribution is 2.15. The maximum atomic E-state index is 12.7. The lowest BCUT2D eigenvalue weighted by atomic mass is 10.0. The number of amides is 2. The number of hydrogen-bond donors (Lipinski definition) is 4. The Balaban J connectivity index is 4.18. The number of rotatable bonds is 40. The molecule has 0 aromatic heterocycles. The molecular formula is C49H82N2O7. The minimum atomic E-state index is -1.40. The summed E-state index contributed by atoms with van der Waals surface area (Å²) in [6.07, 6.45) is 53.9. The normalized spacial score (nSPS) is 13.2. The number of nitrogens with one attached hydrogen (secondary N) is 2. The van der Waals surface area contributed by atoms with Crippen molar-refractivity contribution in [3.8, 4) is 0 Å². The lowest BCUT2D eigenvalue weighted by Gasteiger charge is -2.15. The fraction of sp³-hybridized carbons (Fsp3) is 0.673. The summed E-state index contributed by atoms with van der Waals surface area (Å²) in [7, 11) is 0. The maximum Gasteiger partial charge on any atom is 0.328 e. The van der Waals surface area contributed by atoms with E-state index in [0.29, 0.717) is 12.8 Å². The van der Waals surface area contributed by atoms with Gasteiger partial charge in [0.15, 0.2) is 0 Å².